The quantitative estimate of drug-likeness (QED) is 0.491. The predicted octanol–water partition coefficient (Wildman–Crippen LogP) is 4.88. The molecule has 0 radical (unpaired) electrons. The van der Waals surface area contributed by atoms with Gasteiger partial charge in [-0.3, -0.25) is 19.4 Å². The van der Waals surface area contributed by atoms with Gasteiger partial charge in [0, 0.05) is 61.7 Å². The largest absolute Gasteiger partial charge is 0.338 e. The molecule has 2 bridgehead atoms. The van der Waals surface area contributed by atoms with E-state index in [0.717, 1.165) is 72.9 Å². The molecule has 4 aliphatic heterocycles. The van der Waals surface area contributed by atoms with Gasteiger partial charge in [0.1, 0.15) is 5.82 Å². The van der Waals surface area contributed by atoms with Crippen molar-refractivity contribution in [1.29, 1.82) is 0 Å². The average molecular weight is 512 g/mol. The second-order valence-corrected chi connectivity index (χ2v) is 11.5. The van der Waals surface area contributed by atoms with Crippen LogP contribution in [0, 0.1) is 11.7 Å². The summed E-state index contributed by atoms with van der Waals surface area (Å²) in [6.07, 6.45) is 7.85. The first kappa shape index (κ1) is 23.8. The number of fused-ring (bicyclic) bond motifs is 3. The second-order valence-electron chi connectivity index (χ2n) is 11.5. The number of carbonyl (C=O) groups is 1. The number of aryl methyl sites for hydroxylation is 1. The molecule has 1 aromatic heterocycles. The molecule has 0 saturated carbocycles. The highest BCUT2D eigenvalue weighted by Crippen LogP contribution is 2.42. The standard InChI is InChI=1S/C31H34FN5O/c1-35-28-10-7-21(14-24(28)17-34-35)31-26-19-36(13-12-22(26)16-33-31)30(38)15-20-6-8-25-9-11-29(20)37(25)18-23-4-2-3-5-27(23)32/h2-5,7,10,14,17,20,25,29H,6,8-9,11-13,15-16,18-19H2,1H3/t20?,25-,29-/m0/s1. The fourth-order valence-corrected chi connectivity index (χ4v) is 7.32. The Morgan fingerprint density at radius 2 is 1.97 bits per heavy atom. The number of nitrogens with zero attached hydrogens (tertiary/aromatic N) is 5. The van der Waals surface area contributed by atoms with Gasteiger partial charge in [-0.05, 0) is 67.4 Å². The van der Waals surface area contributed by atoms with Gasteiger partial charge in [0.25, 0.3) is 0 Å². The Bertz CT molecular complexity index is 1470. The van der Waals surface area contributed by atoms with Gasteiger partial charge < -0.3 is 4.90 Å². The summed E-state index contributed by atoms with van der Waals surface area (Å²) in [5.41, 5.74) is 6.63. The molecule has 6 nitrogen and oxygen atoms in total. The van der Waals surface area contributed by atoms with Crippen molar-refractivity contribution in [3.8, 4) is 0 Å². The van der Waals surface area contributed by atoms with Crippen LogP contribution < -0.4 is 0 Å². The highest BCUT2D eigenvalue weighted by molar-refractivity contribution is 6.16. The lowest BCUT2D eigenvalue weighted by Gasteiger charge is -2.41. The van der Waals surface area contributed by atoms with Gasteiger partial charge in [-0.2, -0.15) is 5.10 Å². The van der Waals surface area contributed by atoms with Crippen molar-refractivity contribution in [2.24, 2.45) is 18.0 Å². The zero-order valence-corrected chi connectivity index (χ0v) is 21.9. The monoisotopic (exact) mass is 511 g/mol. The average Bonchev–Trinajstić information content (AvgIpc) is 3.60. The number of halogens is 1. The number of rotatable bonds is 5. The molecule has 7 heteroatoms. The van der Waals surface area contributed by atoms with Crippen LogP contribution in [0.4, 0.5) is 4.39 Å². The van der Waals surface area contributed by atoms with Crippen LogP contribution in [0.5, 0.6) is 0 Å². The molecule has 0 aliphatic carbocycles. The number of aromatic nitrogens is 2. The summed E-state index contributed by atoms with van der Waals surface area (Å²) >= 11 is 0. The summed E-state index contributed by atoms with van der Waals surface area (Å²) in [4.78, 5) is 23.1. The molecule has 196 valence electrons. The van der Waals surface area contributed by atoms with Gasteiger partial charge >= 0.3 is 0 Å². The Morgan fingerprint density at radius 3 is 2.87 bits per heavy atom. The molecule has 1 unspecified atom stereocenters. The number of benzene rings is 2. The number of amides is 1. The minimum absolute atomic E-state index is 0.126. The maximum atomic E-state index is 14.4. The summed E-state index contributed by atoms with van der Waals surface area (Å²) in [6.45, 7) is 2.82. The van der Waals surface area contributed by atoms with E-state index < -0.39 is 0 Å². The van der Waals surface area contributed by atoms with E-state index >= 15 is 0 Å². The summed E-state index contributed by atoms with van der Waals surface area (Å²) < 4.78 is 16.3. The molecule has 3 aromatic rings. The van der Waals surface area contributed by atoms with Gasteiger partial charge in [0.15, 0.2) is 0 Å². The third-order valence-corrected chi connectivity index (χ3v) is 9.40. The SMILES string of the molecule is Cn1ncc2cc(C3=NCC4=C3CN(C(=O)CC3CC[C@H]5CC[C@@H]3N5Cc3ccccc3F)CC4)ccc21. The van der Waals surface area contributed by atoms with Crippen LogP contribution in [-0.2, 0) is 18.4 Å². The van der Waals surface area contributed by atoms with Crippen molar-refractivity contribution in [1.82, 2.24) is 19.6 Å². The van der Waals surface area contributed by atoms with Crippen LogP contribution in [0.3, 0.4) is 0 Å². The minimum Gasteiger partial charge on any atom is -0.338 e. The third kappa shape index (κ3) is 4.08. The molecule has 3 atom stereocenters. The van der Waals surface area contributed by atoms with Crippen LogP contribution in [0.15, 0.2) is 64.8 Å². The molecule has 2 fully saturated rings. The van der Waals surface area contributed by atoms with Crippen LogP contribution >= 0.6 is 0 Å². The normalized spacial score (nSPS) is 25.3. The maximum Gasteiger partial charge on any atom is 0.223 e. The van der Waals surface area contributed by atoms with Crippen LogP contribution in [-0.4, -0.2) is 62.9 Å². The van der Waals surface area contributed by atoms with Crippen molar-refractivity contribution in [3.05, 3.63) is 76.8 Å². The first-order chi connectivity index (χ1) is 18.5. The molecule has 1 amide bonds. The summed E-state index contributed by atoms with van der Waals surface area (Å²) in [5.74, 6) is 0.471. The molecular formula is C31H34FN5O. The Kier molecular flexibility index (Phi) is 5.91. The summed E-state index contributed by atoms with van der Waals surface area (Å²) in [7, 11) is 1.96. The van der Waals surface area contributed by atoms with Gasteiger partial charge in [-0.25, -0.2) is 4.39 Å². The third-order valence-electron chi connectivity index (χ3n) is 9.40. The minimum atomic E-state index is -0.126. The van der Waals surface area contributed by atoms with E-state index in [9.17, 15) is 9.18 Å². The van der Waals surface area contributed by atoms with Gasteiger partial charge in [0.2, 0.25) is 5.91 Å². The van der Waals surface area contributed by atoms with Gasteiger partial charge in [-0.1, -0.05) is 24.3 Å². The van der Waals surface area contributed by atoms with E-state index in [1.165, 1.54) is 11.1 Å². The Balaban J connectivity index is 1.04. The molecule has 5 heterocycles. The number of hydrogen-bond acceptors (Lipinski definition) is 4. The molecular weight excluding hydrogens is 477 g/mol. The smallest absolute Gasteiger partial charge is 0.223 e. The van der Waals surface area contributed by atoms with E-state index in [2.05, 4.69) is 33.1 Å². The lowest BCUT2D eigenvalue weighted by molar-refractivity contribution is -0.133. The van der Waals surface area contributed by atoms with E-state index in [-0.39, 0.29) is 11.7 Å². The van der Waals surface area contributed by atoms with E-state index in [1.54, 1.807) is 12.1 Å². The van der Waals surface area contributed by atoms with E-state index in [0.29, 0.717) is 37.5 Å². The molecule has 0 N–H and O–H groups in total. The summed E-state index contributed by atoms with van der Waals surface area (Å²) in [6, 6.07) is 14.4. The second kappa shape index (κ2) is 9.45. The number of aliphatic imine (C=N–C) groups is 1. The highest BCUT2D eigenvalue weighted by atomic mass is 19.1. The van der Waals surface area contributed by atoms with E-state index in [4.69, 9.17) is 4.99 Å². The predicted molar refractivity (Wildman–Crippen MR) is 146 cm³/mol. The van der Waals surface area contributed by atoms with Crippen molar-refractivity contribution in [2.75, 3.05) is 19.6 Å². The molecule has 4 aliphatic rings. The lowest BCUT2D eigenvalue weighted by Crippen LogP contribution is -2.46. The molecule has 7 rings (SSSR count). The number of piperidine rings is 1. The highest BCUT2D eigenvalue weighted by Gasteiger charge is 2.43. The molecule has 0 spiro atoms. The van der Waals surface area contributed by atoms with Crippen molar-refractivity contribution >= 4 is 22.5 Å². The van der Waals surface area contributed by atoms with Crippen LogP contribution in [0.1, 0.15) is 49.7 Å². The molecule has 38 heavy (non-hydrogen) atoms. The Labute approximate surface area is 222 Å². The summed E-state index contributed by atoms with van der Waals surface area (Å²) in [5, 5.41) is 5.48. The van der Waals surface area contributed by atoms with Gasteiger partial charge in [0.05, 0.1) is 24.0 Å². The van der Waals surface area contributed by atoms with Crippen LogP contribution in [0.2, 0.25) is 0 Å². The Hall–Kier alpha value is -3.32. The maximum absolute atomic E-state index is 14.4. The fourth-order valence-electron chi connectivity index (χ4n) is 7.32. The zero-order valence-electron chi connectivity index (χ0n) is 21.9. The zero-order chi connectivity index (χ0) is 25.8. The fraction of sp³-hybridized carbons (Fsp3) is 0.452. The van der Waals surface area contributed by atoms with E-state index in [1.807, 2.05) is 30.1 Å². The topological polar surface area (TPSA) is 53.7 Å². The Morgan fingerprint density at radius 1 is 1.11 bits per heavy atom. The molecule has 2 aromatic carbocycles. The first-order valence-electron chi connectivity index (χ1n) is 14.0. The number of hydrogen-bond donors (Lipinski definition) is 0. The van der Waals surface area contributed by atoms with Crippen LogP contribution in [0.25, 0.3) is 10.9 Å². The molecule has 2 saturated heterocycles. The van der Waals surface area contributed by atoms with Crippen molar-refractivity contribution in [3.63, 3.8) is 0 Å². The van der Waals surface area contributed by atoms with Crippen molar-refractivity contribution < 1.29 is 9.18 Å². The lowest BCUT2D eigenvalue weighted by atomic mass is 9.86. The first-order valence-corrected chi connectivity index (χ1v) is 14.0. The van der Waals surface area contributed by atoms with Gasteiger partial charge in [-0.15, -0.1) is 0 Å². The number of carbonyl (C=O) groups excluding carboxylic acids is 1. The van der Waals surface area contributed by atoms with Crippen molar-refractivity contribution in [2.45, 2.75) is 57.2 Å².